The summed E-state index contributed by atoms with van der Waals surface area (Å²) in [5.74, 6) is 0. The third kappa shape index (κ3) is 6.56. The van der Waals surface area contributed by atoms with Crippen LogP contribution in [0, 0.1) is 11.3 Å². The number of hydrogen-bond donors (Lipinski definition) is 1. The lowest BCUT2D eigenvalue weighted by Crippen LogP contribution is -2.33. The summed E-state index contributed by atoms with van der Waals surface area (Å²) < 4.78 is 5.46. The minimum absolute atomic E-state index is 0.158. The van der Waals surface area contributed by atoms with Crippen molar-refractivity contribution in [2.75, 3.05) is 13.2 Å². The molecule has 0 aliphatic heterocycles. The van der Waals surface area contributed by atoms with E-state index in [9.17, 15) is 0 Å². The van der Waals surface area contributed by atoms with E-state index in [-0.39, 0.29) is 12.1 Å². The van der Waals surface area contributed by atoms with E-state index in [4.69, 9.17) is 10.00 Å². The van der Waals surface area contributed by atoms with Crippen molar-refractivity contribution in [1.82, 2.24) is 5.32 Å². The van der Waals surface area contributed by atoms with Crippen molar-refractivity contribution in [3.63, 3.8) is 0 Å². The molecule has 0 spiro atoms. The first-order chi connectivity index (χ1) is 6.24. The van der Waals surface area contributed by atoms with Gasteiger partial charge < -0.3 is 10.1 Å². The highest BCUT2D eigenvalue weighted by Gasteiger charge is 2.07. The van der Waals surface area contributed by atoms with Crippen LogP contribution in [0.4, 0.5) is 0 Å². The smallest absolute Gasteiger partial charge is 0.119 e. The lowest BCUT2D eigenvalue weighted by Gasteiger charge is -2.14. The summed E-state index contributed by atoms with van der Waals surface area (Å²) in [5, 5.41) is 11.9. The van der Waals surface area contributed by atoms with Crippen molar-refractivity contribution in [1.29, 1.82) is 5.26 Å². The molecular weight excluding hydrogens is 164 g/mol. The fraction of sp³-hybridized carbons (Fsp3) is 0.900. The van der Waals surface area contributed by atoms with Gasteiger partial charge in [0.1, 0.15) is 6.04 Å². The van der Waals surface area contributed by atoms with Gasteiger partial charge in [0.2, 0.25) is 0 Å². The molecule has 0 bridgehead atoms. The Labute approximate surface area is 81.1 Å². The van der Waals surface area contributed by atoms with E-state index in [2.05, 4.69) is 25.2 Å². The van der Waals surface area contributed by atoms with Crippen molar-refractivity contribution in [3.05, 3.63) is 0 Å². The monoisotopic (exact) mass is 184 g/mol. The third-order valence-electron chi connectivity index (χ3n) is 1.92. The summed E-state index contributed by atoms with van der Waals surface area (Å²) in [6, 6.07) is 2.02. The number of hydrogen-bond acceptors (Lipinski definition) is 3. The van der Waals surface area contributed by atoms with Crippen LogP contribution in [0.15, 0.2) is 0 Å². The molecular formula is C10H20N2O. The highest BCUT2D eigenvalue weighted by molar-refractivity contribution is 4.89. The normalized spacial score (nSPS) is 14.9. The maximum atomic E-state index is 8.75. The molecule has 3 nitrogen and oxygen atoms in total. The number of nitrogens with zero attached hydrogens (tertiary/aromatic N) is 1. The largest absolute Gasteiger partial charge is 0.376 e. The highest BCUT2D eigenvalue weighted by atomic mass is 16.5. The summed E-state index contributed by atoms with van der Waals surface area (Å²) in [6.07, 6.45) is 2.28. The molecule has 0 aliphatic carbocycles. The lowest BCUT2D eigenvalue weighted by molar-refractivity contribution is 0.0562. The molecule has 1 N–H and O–H groups in total. The summed E-state index contributed by atoms with van der Waals surface area (Å²) in [6.45, 7) is 7.55. The first-order valence-corrected chi connectivity index (χ1v) is 4.99. The highest BCUT2D eigenvalue weighted by Crippen LogP contribution is 1.96. The summed E-state index contributed by atoms with van der Waals surface area (Å²) in [5.41, 5.74) is 0. The van der Waals surface area contributed by atoms with Crippen LogP contribution in [0.5, 0.6) is 0 Å². The first kappa shape index (κ1) is 12.4. The van der Waals surface area contributed by atoms with Crippen LogP contribution in [0.2, 0.25) is 0 Å². The number of nitrogens with one attached hydrogen (secondary N) is 1. The SMILES string of the molecule is CCCNC(C#N)COC(C)CC. The maximum absolute atomic E-state index is 8.75. The van der Waals surface area contributed by atoms with Crippen LogP contribution in [-0.2, 0) is 4.74 Å². The maximum Gasteiger partial charge on any atom is 0.119 e. The second kappa shape index (κ2) is 8.03. The van der Waals surface area contributed by atoms with E-state index >= 15 is 0 Å². The van der Waals surface area contributed by atoms with E-state index in [1.165, 1.54) is 0 Å². The minimum atomic E-state index is -0.158. The Morgan fingerprint density at radius 1 is 1.46 bits per heavy atom. The molecule has 0 aromatic carbocycles. The third-order valence-corrected chi connectivity index (χ3v) is 1.92. The molecule has 0 radical (unpaired) electrons. The molecule has 0 saturated heterocycles. The van der Waals surface area contributed by atoms with Gasteiger partial charge in [-0.05, 0) is 26.3 Å². The Hall–Kier alpha value is -0.590. The topological polar surface area (TPSA) is 45.0 Å². The van der Waals surface area contributed by atoms with Crippen molar-refractivity contribution in [2.24, 2.45) is 0 Å². The van der Waals surface area contributed by atoms with Crippen LogP contribution < -0.4 is 5.32 Å². The quantitative estimate of drug-likeness (QED) is 0.655. The van der Waals surface area contributed by atoms with Gasteiger partial charge in [0.05, 0.1) is 18.8 Å². The summed E-state index contributed by atoms with van der Waals surface area (Å²) in [4.78, 5) is 0. The summed E-state index contributed by atoms with van der Waals surface area (Å²) >= 11 is 0. The average molecular weight is 184 g/mol. The molecule has 13 heavy (non-hydrogen) atoms. The second-order valence-electron chi connectivity index (χ2n) is 3.19. The standard InChI is InChI=1S/C10H20N2O/c1-4-6-12-10(7-11)8-13-9(3)5-2/h9-10,12H,4-6,8H2,1-3H3. The van der Waals surface area contributed by atoms with Crippen LogP contribution in [0.1, 0.15) is 33.6 Å². The average Bonchev–Trinajstić information content (AvgIpc) is 2.17. The van der Waals surface area contributed by atoms with E-state index in [0.717, 1.165) is 19.4 Å². The molecule has 0 aromatic rings. The molecule has 0 fully saturated rings. The zero-order valence-electron chi connectivity index (χ0n) is 8.84. The van der Waals surface area contributed by atoms with Crippen LogP contribution in [-0.4, -0.2) is 25.3 Å². The van der Waals surface area contributed by atoms with Gasteiger partial charge in [-0.2, -0.15) is 5.26 Å². The van der Waals surface area contributed by atoms with Crippen molar-refractivity contribution in [3.8, 4) is 6.07 Å². The van der Waals surface area contributed by atoms with Gasteiger partial charge in [-0.15, -0.1) is 0 Å². The Kier molecular flexibility index (Phi) is 7.66. The van der Waals surface area contributed by atoms with Crippen LogP contribution >= 0.6 is 0 Å². The van der Waals surface area contributed by atoms with Gasteiger partial charge in [-0.25, -0.2) is 0 Å². The number of rotatable bonds is 7. The van der Waals surface area contributed by atoms with Crippen molar-refractivity contribution in [2.45, 2.75) is 45.8 Å². The van der Waals surface area contributed by atoms with Crippen molar-refractivity contribution >= 4 is 0 Å². The molecule has 3 heteroatoms. The minimum Gasteiger partial charge on any atom is -0.376 e. The Bertz CT molecular complexity index is 153. The van der Waals surface area contributed by atoms with E-state index < -0.39 is 0 Å². The molecule has 0 saturated carbocycles. The predicted molar refractivity (Wildman–Crippen MR) is 53.4 cm³/mol. The van der Waals surface area contributed by atoms with E-state index in [0.29, 0.717) is 6.61 Å². The predicted octanol–water partition coefficient (Wildman–Crippen LogP) is 1.69. The molecule has 0 rings (SSSR count). The number of nitriles is 1. The number of ether oxygens (including phenoxy) is 1. The van der Waals surface area contributed by atoms with Gasteiger partial charge in [0.25, 0.3) is 0 Å². The molecule has 0 aromatic heterocycles. The molecule has 0 amide bonds. The summed E-state index contributed by atoms with van der Waals surface area (Å²) in [7, 11) is 0. The van der Waals surface area contributed by atoms with Crippen LogP contribution in [0.25, 0.3) is 0 Å². The van der Waals surface area contributed by atoms with Gasteiger partial charge in [0, 0.05) is 0 Å². The Balaban J connectivity index is 3.54. The van der Waals surface area contributed by atoms with E-state index in [1.54, 1.807) is 0 Å². The van der Waals surface area contributed by atoms with Gasteiger partial charge in [0.15, 0.2) is 0 Å². The fourth-order valence-corrected chi connectivity index (χ4v) is 0.839. The van der Waals surface area contributed by atoms with Gasteiger partial charge in [-0.3, -0.25) is 0 Å². The molecule has 2 atom stereocenters. The zero-order chi connectivity index (χ0) is 10.1. The van der Waals surface area contributed by atoms with Crippen LogP contribution in [0.3, 0.4) is 0 Å². The molecule has 2 unspecified atom stereocenters. The Morgan fingerprint density at radius 2 is 2.15 bits per heavy atom. The lowest BCUT2D eigenvalue weighted by atomic mass is 10.3. The molecule has 76 valence electrons. The van der Waals surface area contributed by atoms with E-state index in [1.807, 2.05) is 6.92 Å². The Morgan fingerprint density at radius 3 is 2.62 bits per heavy atom. The van der Waals surface area contributed by atoms with Gasteiger partial charge in [-0.1, -0.05) is 13.8 Å². The molecule has 0 aliphatic rings. The van der Waals surface area contributed by atoms with Gasteiger partial charge >= 0.3 is 0 Å². The first-order valence-electron chi connectivity index (χ1n) is 4.99. The molecule has 0 heterocycles. The second-order valence-corrected chi connectivity index (χ2v) is 3.19. The van der Waals surface area contributed by atoms with Crippen molar-refractivity contribution < 1.29 is 4.74 Å². The fourth-order valence-electron chi connectivity index (χ4n) is 0.839. The zero-order valence-corrected chi connectivity index (χ0v) is 8.84.